The lowest BCUT2D eigenvalue weighted by atomic mass is 9.94. The van der Waals surface area contributed by atoms with E-state index in [0.717, 1.165) is 16.6 Å². The molecule has 0 aliphatic heterocycles. The van der Waals surface area contributed by atoms with Crippen molar-refractivity contribution < 1.29 is 23.8 Å². The molecule has 0 radical (unpaired) electrons. The number of benzene rings is 1. The minimum Gasteiger partial charge on any atom is -0.494 e. The van der Waals surface area contributed by atoms with Crippen molar-refractivity contribution in [2.24, 2.45) is 7.05 Å². The van der Waals surface area contributed by atoms with Gasteiger partial charge in [-0.2, -0.15) is 0 Å². The number of alkyl carbamates (subject to hydrolysis) is 1. The SMILES string of the molecule is CCC(C)(NC(=O)OC(C)(C)C)c1ccc2cc(-c3nc4cc(C(=O)OC(C)C)cc(OC)c4n3C)[nH]c2n1. The number of rotatable bonds is 7. The lowest BCUT2D eigenvalue weighted by Crippen LogP contribution is -2.45. The van der Waals surface area contributed by atoms with E-state index in [1.54, 1.807) is 33.1 Å². The fourth-order valence-corrected chi connectivity index (χ4v) is 4.40. The molecule has 4 aromatic rings. The van der Waals surface area contributed by atoms with E-state index in [0.29, 0.717) is 40.4 Å². The number of hydrogen-bond acceptors (Lipinski definition) is 7. The summed E-state index contributed by atoms with van der Waals surface area (Å²) in [5.74, 6) is 0.744. The number of nitrogens with zero attached hydrogens (tertiary/aromatic N) is 3. The zero-order valence-electron chi connectivity index (χ0n) is 24.1. The highest BCUT2D eigenvalue weighted by Crippen LogP contribution is 2.33. The third-order valence-electron chi connectivity index (χ3n) is 6.50. The monoisotopic (exact) mass is 535 g/mol. The topological polar surface area (TPSA) is 120 Å². The molecular formula is C29H37N5O5. The summed E-state index contributed by atoms with van der Waals surface area (Å²) in [6.45, 7) is 13.0. The van der Waals surface area contributed by atoms with Gasteiger partial charge in [-0.15, -0.1) is 0 Å². The Hall–Kier alpha value is -4.08. The summed E-state index contributed by atoms with van der Waals surface area (Å²) in [5, 5.41) is 3.87. The van der Waals surface area contributed by atoms with E-state index >= 15 is 0 Å². The van der Waals surface area contributed by atoms with Crippen molar-refractivity contribution in [3.05, 3.63) is 41.6 Å². The molecule has 4 rings (SSSR count). The smallest absolute Gasteiger partial charge is 0.408 e. The van der Waals surface area contributed by atoms with Crippen LogP contribution in [0.2, 0.25) is 0 Å². The van der Waals surface area contributed by atoms with Gasteiger partial charge in [0.15, 0.2) is 5.82 Å². The first-order valence-electron chi connectivity index (χ1n) is 13.0. The minimum absolute atomic E-state index is 0.240. The summed E-state index contributed by atoms with van der Waals surface area (Å²) < 4.78 is 18.4. The Balaban J connectivity index is 1.73. The first-order valence-corrected chi connectivity index (χ1v) is 13.0. The maximum absolute atomic E-state index is 12.6. The average Bonchev–Trinajstić information content (AvgIpc) is 3.41. The molecule has 10 nitrogen and oxygen atoms in total. The maximum Gasteiger partial charge on any atom is 0.408 e. The van der Waals surface area contributed by atoms with Crippen LogP contribution in [0, 0.1) is 0 Å². The highest BCUT2D eigenvalue weighted by atomic mass is 16.6. The number of hydrogen-bond donors (Lipinski definition) is 2. The summed E-state index contributed by atoms with van der Waals surface area (Å²) in [6.07, 6.45) is -0.118. The molecule has 1 unspecified atom stereocenters. The van der Waals surface area contributed by atoms with Crippen molar-refractivity contribution in [1.82, 2.24) is 24.8 Å². The van der Waals surface area contributed by atoms with Crippen molar-refractivity contribution in [2.45, 2.75) is 72.1 Å². The molecule has 10 heteroatoms. The number of aryl methyl sites for hydroxylation is 1. The molecular weight excluding hydrogens is 498 g/mol. The third kappa shape index (κ3) is 5.69. The van der Waals surface area contributed by atoms with Crippen molar-refractivity contribution in [3.63, 3.8) is 0 Å². The molecule has 2 N–H and O–H groups in total. The molecule has 1 aromatic carbocycles. The van der Waals surface area contributed by atoms with E-state index in [1.807, 2.05) is 64.4 Å². The second-order valence-corrected chi connectivity index (χ2v) is 11.1. The van der Waals surface area contributed by atoms with E-state index in [9.17, 15) is 9.59 Å². The number of nitrogens with one attached hydrogen (secondary N) is 2. The van der Waals surface area contributed by atoms with Gasteiger partial charge in [0.2, 0.25) is 0 Å². The van der Waals surface area contributed by atoms with Crippen molar-refractivity contribution in [3.8, 4) is 17.3 Å². The number of aromatic amines is 1. The van der Waals surface area contributed by atoms with Crippen molar-refractivity contribution in [1.29, 1.82) is 0 Å². The van der Waals surface area contributed by atoms with Gasteiger partial charge in [-0.3, -0.25) is 0 Å². The molecule has 0 saturated carbocycles. The Bertz CT molecular complexity index is 1550. The summed E-state index contributed by atoms with van der Waals surface area (Å²) in [6, 6.07) is 9.22. The number of H-pyrrole nitrogens is 1. The van der Waals surface area contributed by atoms with Crippen LogP contribution in [-0.4, -0.2) is 50.4 Å². The molecule has 0 aliphatic carbocycles. The molecule has 1 atom stereocenters. The number of carbonyl (C=O) groups is 2. The molecule has 0 saturated heterocycles. The lowest BCUT2D eigenvalue weighted by molar-refractivity contribution is 0.0376. The molecule has 3 aromatic heterocycles. The third-order valence-corrected chi connectivity index (χ3v) is 6.50. The molecule has 0 spiro atoms. The highest BCUT2D eigenvalue weighted by molar-refractivity contribution is 5.97. The van der Waals surface area contributed by atoms with E-state index in [2.05, 4.69) is 10.3 Å². The second-order valence-electron chi connectivity index (χ2n) is 11.1. The molecule has 208 valence electrons. The number of amides is 1. The number of esters is 1. The molecule has 3 heterocycles. The minimum atomic E-state index is -0.728. The van der Waals surface area contributed by atoms with Crippen LogP contribution in [0.25, 0.3) is 33.6 Å². The van der Waals surface area contributed by atoms with Crippen LogP contribution in [-0.2, 0) is 22.1 Å². The molecule has 1 amide bonds. The molecule has 0 aliphatic rings. The first-order chi connectivity index (χ1) is 18.2. The number of fused-ring (bicyclic) bond motifs is 2. The number of imidazole rings is 1. The van der Waals surface area contributed by atoms with Crippen molar-refractivity contribution >= 4 is 34.1 Å². The zero-order valence-corrected chi connectivity index (χ0v) is 24.1. The summed E-state index contributed by atoms with van der Waals surface area (Å²) >= 11 is 0. The van der Waals surface area contributed by atoms with Crippen LogP contribution in [0.1, 0.15) is 70.9 Å². The number of methoxy groups -OCH3 is 1. The van der Waals surface area contributed by atoms with Crippen LogP contribution in [0.3, 0.4) is 0 Å². The lowest BCUT2D eigenvalue weighted by Gasteiger charge is -2.30. The van der Waals surface area contributed by atoms with Gasteiger partial charge in [0.1, 0.15) is 22.5 Å². The van der Waals surface area contributed by atoms with Gasteiger partial charge in [-0.25, -0.2) is 19.6 Å². The first kappa shape index (κ1) is 27.9. The number of carbonyl (C=O) groups excluding carboxylic acids is 2. The van der Waals surface area contributed by atoms with Gasteiger partial charge >= 0.3 is 12.1 Å². The van der Waals surface area contributed by atoms with E-state index in [-0.39, 0.29) is 6.10 Å². The highest BCUT2D eigenvalue weighted by Gasteiger charge is 2.31. The Morgan fingerprint density at radius 3 is 2.44 bits per heavy atom. The number of ether oxygens (including phenoxy) is 3. The Morgan fingerprint density at radius 1 is 1.10 bits per heavy atom. The van der Waals surface area contributed by atoms with E-state index in [4.69, 9.17) is 24.2 Å². The quantitative estimate of drug-likeness (QED) is 0.285. The van der Waals surface area contributed by atoms with Crippen LogP contribution in [0.5, 0.6) is 5.75 Å². The molecule has 0 bridgehead atoms. The van der Waals surface area contributed by atoms with Gasteiger partial charge in [0.05, 0.1) is 41.2 Å². The largest absolute Gasteiger partial charge is 0.494 e. The summed E-state index contributed by atoms with van der Waals surface area (Å²) in [5.41, 5.74) is 2.51. The second kappa shape index (κ2) is 10.2. The van der Waals surface area contributed by atoms with Crippen LogP contribution in [0.15, 0.2) is 30.3 Å². The van der Waals surface area contributed by atoms with Crippen LogP contribution < -0.4 is 10.1 Å². The fraction of sp³-hybridized carbons (Fsp3) is 0.448. The fourth-order valence-electron chi connectivity index (χ4n) is 4.40. The Kier molecular flexibility index (Phi) is 7.34. The Morgan fingerprint density at radius 2 is 1.82 bits per heavy atom. The van der Waals surface area contributed by atoms with E-state index in [1.165, 1.54) is 0 Å². The standard InChI is InChI=1S/C29H37N5O5/c1-10-29(7,33-27(36)39-28(4,5)6)22-12-11-17-13-20(30-24(17)32-22)25-31-19-14-18(26(35)38-16(2)3)15-21(37-9)23(19)34(25)8/h11-16H,10H2,1-9H3,(H,30,32)(H,33,36). The zero-order chi connectivity index (χ0) is 28.7. The predicted molar refractivity (Wildman–Crippen MR) is 150 cm³/mol. The normalized spacial score (nSPS) is 13.5. The van der Waals surface area contributed by atoms with E-state index < -0.39 is 23.2 Å². The van der Waals surface area contributed by atoms with Gasteiger partial charge in [-0.05, 0) is 78.3 Å². The van der Waals surface area contributed by atoms with Crippen LogP contribution >= 0.6 is 0 Å². The maximum atomic E-state index is 12.6. The Labute approximate surface area is 228 Å². The number of aromatic nitrogens is 4. The average molecular weight is 536 g/mol. The van der Waals surface area contributed by atoms with Gasteiger partial charge in [0.25, 0.3) is 0 Å². The number of pyridine rings is 1. The van der Waals surface area contributed by atoms with Crippen LogP contribution in [0.4, 0.5) is 4.79 Å². The van der Waals surface area contributed by atoms with Gasteiger partial charge in [-0.1, -0.05) is 6.92 Å². The summed E-state index contributed by atoms with van der Waals surface area (Å²) in [4.78, 5) is 38.1. The molecule has 0 fully saturated rings. The van der Waals surface area contributed by atoms with Gasteiger partial charge < -0.3 is 29.1 Å². The van der Waals surface area contributed by atoms with Crippen molar-refractivity contribution in [2.75, 3.05) is 7.11 Å². The molecule has 39 heavy (non-hydrogen) atoms. The summed E-state index contributed by atoms with van der Waals surface area (Å²) in [7, 11) is 3.45. The van der Waals surface area contributed by atoms with Gasteiger partial charge in [0, 0.05) is 12.4 Å². The predicted octanol–water partition coefficient (Wildman–Crippen LogP) is 5.84.